The minimum absolute atomic E-state index is 0.258. The second-order valence-corrected chi connectivity index (χ2v) is 11.4. The van der Waals surface area contributed by atoms with Crippen LogP contribution in [0.25, 0.3) is 0 Å². The highest BCUT2D eigenvalue weighted by Crippen LogP contribution is 2.55. The fourth-order valence-corrected chi connectivity index (χ4v) is 6.54. The van der Waals surface area contributed by atoms with Gasteiger partial charge >= 0.3 is 0 Å². The van der Waals surface area contributed by atoms with Gasteiger partial charge in [-0.25, -0.2) is 0 Å². The quantitative estimate of drug-likeness (QED) is 0.376. The summed E-state index contributed by atoms with van der Waals surface area (Å²) in [5, 5.41) is 30.0. The lowest BCUT2D eigenvalue weighted by atomic mass is 9.64. The summed E-state index contributed by atoms with van der Waals surface area (Å²) < 4.78 is 0. The molecular formula is C26H40O3S. The van der Waals surface area contributed by atoms with Crippen molar-refractivity contribution in [1.29, 1.82) is 0 Å². The number of fused-ring (bicyclic) bond motifs is 1. The standard InChI is InChI=1S/C26H40O3S/c1-18-20(15-22(27)16-24(18)28)9-8-19-7-5-13-26(4)21(10-11-23(19)26)17-30-14-6-12-25(2,3)29/h8-10,22-24,27-29H,1,5-7,11-17H2,2-4H3/t22-,23+,24+,26-/m1/s1. The Morgan fingerprint density at radius 2 is 2.07 bits per heavy atom. The highest BCUT2D eigenvalue weighted by molar-refractivity contribution is 7.99. The van der Waals surface area contributed by atoms with Crippen molar-refractivity contribution >= 4 is 11.8 Å². The van der Waals surface area contributed by atoms with Crippen molar-refractivity contribution in [3.63, 3.8) is 0 Å². The van der Waals surface area contributed by atoms with Crippen LogP contribution in [0, 0.1) is 11.3 Å². The summed E-state index contributed by atoms with van der Waals surface area (Å²) in [5.74, 6) is 2.77. The summed E-state index contributed by atoms with van der Waals surface area (Å²) in [7, 11) is 0. The van der Waals surface area contributed by atoms with Crippen LogP contribution in [0.4, 0.5) is 0 Å². The van der Waals surface area contributed by atoms with Gasteiger partial charge in [0.2, 0.25) is 0 Å². The molecule has 0 saturated heterocycles. The zero-order valence-corrected chi connectivity index (χ0v) is 19.8. The molecule has 0 aromatic carbocycles. The number of rotatable bonds is 7. The van der Waals surface area contributed by atoms with Crippen LogP contribution >= 0.6 is 11.8 Å². The largest absolute Gasteiger partial charge is 0.393 e. The van der Waals surface area contributed by atoms with E-state index in [1.54, 1.807) is 5.57 Å². The molecule has 2 fully saturated rings. The van der Waals surface area contributed by atoms with Crippen LogP contribution in [0.2, 0.25) is 0 Å². The van der Waals surface area contributed by atoms with Gasteiger partial charge in [-0.15, -0.1) is 0 Å². The van der Waals surface area contributed by atoms with Crippen LogP contribution in [0.3, 0.4) is 0 Å². The van der Waals surface area contributed by atoms with E-state index in [1.807, 2.05) is 25.6 Å². The Labute approximate surface area is 187 Å². The number of hydrogen-bond donors (Lipinski definition) is 3. The van der Waals surface area contributed by atoms with Crippen molar-refractivity contribution < 1.29 is 15.3 Å². The Balaban J connectivity index is 1.61. The fraction of sp³-hybridized carbons (Fsp3) is 0.692. The highest BCUT2D eigenvalue weighted by Gasteiger charge is 2.44. The van der Waals surface area contributed by atoms with E-state index in [2.05, 4.69) is 31.7 Å². The van der Waals surface area contributed by atoms with E-state index in [1.165, 1.54) is 18.4 Å². The highest BCUT2D eigenvalue weighted by atomic mass is 32.2. The van der Waals surface area contributed by atoms with E-state index >= 15 is 0 Å². The van der Waals surface area contributed by atoms with E-state index in [9.17, 15) is 15.3 Å². The van der Waals surface area contributed by atoms with E-state index in [0.717, 1.165) is 48.3 Å². The number of hydrogen-bond acceptors (Lipinski definition) is 4. The van der Waals surface area contributed by atoms with Crippen LogP contribution in [-0.4, -0.2) is 44.6 Å². The Hall–Kier alpha value is -0.810. The lowest BCUT2D eigenvalue weighted by Crippen LogP contribution is -2.31. The smallest absolute Gasteiger partial charge is 0.0811 e. The summed E-state index contributed by atoms with van der Waals surface area (Å²) in [5.41, 5.74) is 4.58. The van der Waals surface area contributed by atoms with Crippen LogP contribution in [0.5, 0.6) is 0 Å². The maximum Gasteiger partial charge on any atom is 0.0811 e. The molecule has 3 rings (SSSR count). The zero-order chi connectivity index (χ0) is 21.9. The van der Waals surface area contributed by atoms with Crippen LogP contribution in [-0.2, 0) is 0 Å². The van der Waals surface area contributed by atoms with E-state index in [4.69, 9.17) is 0 Å². The van der Waals surface area contributed by atoms with Crippen molar-refractivity contribution in [3.8, 4) is 0 Å². The monoisotopic (exact) mass is 432 g/mol. The fourth-order valence-electron chi connectivity index (χ4n) is 5.38. The third-order valence-corrected chi connectivity index (χ3v) is 8.40. The maximum absolute atomic E-state index is 10.1. The van der Waals surface area contributed by atoms with Crippen molar-refractivity contribution in [1.82, 2.24) is 0 Å². The molecule has 3 aliphatic rings. The van der Waals surface area contributed by atoms with Crippen molar-refractivity contribution in [2.24, 2.45) is 11.3 Å². The lowest BCUT2D eigenvalue weighted by Gasteiger charge is -2.41. The van der Waals surface area contributed by atoms with Gasteiger partial charge in [-0.05, 0) is 87.0 Å². The Kier molecular flexibility index (Phi) is 7.76. The Bertz CT molecular complexity index is 727. The molecule has 2 saturated carbocycles. The second-order valence-electron chi connectivity index (χ2n) is 10.3. The first-order valence-electron chi connectivity index (χ1n) is 11.5. The summed E-state index contributed by atoms with van der Waals surface area (Å²) in [6.45, 7) is 10.3. The van der Waals surface area contributed by atoms with Crippen LogP contribution in [0.1, 0.15) is 72.1 Å². The average molecular weight is 433 g/mol. The predicted molar refractivity (Wildman–Crippen MR) is 128 cm³/mol. The van der Waals surface area contributed by atoms with Gasteiger partial charge in [-0.1, -0.05) is 42.9 Å². The van der Waals surface area contributed by atoms with Gasteiger partial charge in [-0.2, -0.15) is 11.8 Å². The summed E-state index contributed by atoms with van der Waals surface area (Å²) >= 11 is 2.01. The SMILES string of the molecule is C=C1C(=CC=C2CCC[C@]3(C)C(CSCCCC(C)(C)O)=CC[C@@H]23)C[C@@H](O)C[C@@H]1O. The van der Waals surface area contributed by atoms with Crippen molar-refractivity contribution in [2.75, 3.05) is 11.5 Å². The van der Waals surface area contributed by atoms with Gasteiger partial charge < -0.3 is 15.3 Å². The number of aliphatic hydroxyl groups is 3. The maximum atomic E-state index is 10.1. The molecule has 168 valence electrons. The first kappa shape index (κ1) is 23.8. The Morgan fingerprint density at radius 1 is 1.30 bits per heavy atom. The minimum atomic E-state index is -0.622. The van der Waals surface area contributed by atoms with Gasteiger partial charge in [-0.3, -0.25) is 0 Å². The van der Waals surface area contributed by atoms with Crippen molar-refractivity contribution in [3.05, 3.63) is 47.1 Å². The number of thioether (sulfide) groups is 1. The molecule has 0 heterocycles. The van der Waals surface area contributed by atoms with E-state index in [0.29, 0.717) is 18.8 Å². The molecule has 0 unspecified atom stereocenters. The number of aliphatic hydroxyl groups excluding tert-OH is 2. The second kappa shape index (κ2) is 9.77. The average Bonchev–Trinajstić information content (AvgIpc) is 2.99. The van der Waals surface area contributed by atoms with Gasteiger partial charge in [0.15, 0.2) is 0 Å². The molecule has 3 N–H and O–H groups in total. The van der Waals surface area contributed by atoms with Crippen molar-refractivity contribution in [2.45, 2.75) is 89.9 Å². The summed E-state index contributed by atoms with van der Waals surface area (Å²) in [6, 6.07) is 0. The van der Waals surface area contributed by atoms with Crippen LogP contribution in [0.15, 0.2) is 47.1 Å². The molecule has 30 heavy (non-hydrogen) atoms. The summed E-state index contributed by atoms with van der Waals surface area (Å²) in [6.07, 6.45) is 13.4. The lowest BCUT2D eigenvalue weighted by molar-refractivity contribution is 0.0706. The molecule has 0 spiro atoms. The molecule has 4 heteroatoms. The molecule has 0 amide bonds. The molecule has 4 atom stereocenters. The van der Waals surface area contributed by atoms with Gasteiger partial charge in [0.25, 0.3) is 0 Å². The normalized spacial score (nSPS) is 35.1. The third-order valence-electron chi connectivity index (χ3n) is 7.31. The minimum Gasteiger partial charge on any atom is -0.393 e. The Morgan fingerprint density at radius 3 is 2.80 bits per heavy atom. The van der Waals surface area contributed by atoms with E-state index < -0.39 is 17.8 Å². The topological polar surface area (TPSA) is 60.7 Å². The number of allylic oxidation sites excluding steroid dienone is 4. The van der Waals surface area contributed by atoms with Gasteiger partial charge in [0, 0.05) is 12.2 Å². The van der Waals surface area contributed by atoms with Gasteiger partial charge in [0.1, 0.15) is 0 Å². The molecule has 3 nitrogen and oxygen atoms in total. The molecule has 0 aliphatic heterocycles. The summed E-state index contributed by atoms with van der Waals surface area (Å²) in [4.78, 5) is 0. The molecule has 0 aromatic heterocycles. The molecule has 3 aliphatic carbocycles. The molecule has 0 radical (unpaired) electrons. The van der Waals surface area contributed by atoms with Crippen LogP contribution < -0.4 is 0 Å². The first-order chi connectivity index (χ1) is 14.1. The first-order valence-corrected chi connectivity index (χ1v) is 12.7. The molecule has 0 aromatic rings. The van der Waals surface area contributed by atoms with Gasteiger partial charge in [0.05, 0.1) is 17.8 Å². The predicted octanol–water partition coefficient (Wildman–Crippen LogP) is 5.33. The van der Waals surface area contributed by atoms with E-state index in [-0.39, 0.29) is 5.41 Å². The zero-order valence-electron chi connectivity index (χ0n) is 19.0. The molecular weight excluding hydrogens is 392 g/mol. The third kappa shape index (κ3) is 5.70. The molecule has 0 bridgehead atoms.